The standard InChI is InChI=1S/C14H17N3O2/c1-11-10-17(7-8-19-11)14(18)13-4-6-16-9-12(13)3-2-5-15/h4,6,9,11H,5,7-8,10,15H2,1H3. The zero-order chi connectivity index (χ0) is 13.7. The van der Waals surface area contributed by atoms with Crippen LogP contribution in [0.1, 0.15) is 22.8 Å². The predicted octanol–water partition coefficient (Wildman–Crippen LogP) is 0.253. The molecule has 1 aromatic rings. The molecule has 0 aromatic carbocycles. The van der Waals surface area contributed by atoms with Crippen molar-refractivity contribution in [3.05, 3.63) is 29.6 Å². The van der Waals surface area contributed by atoms with Gasteiger partial charge in [-0.3, -0.25) is 9.78 Å². The number of hydrogen-bond donors (Lipinski definition) is 1. The molecule has 1 unspecified atom stereocenters. The summed E-state index contributed by atoms with van der Waals surface area (Å²) < 4.78 is 5.44. The maximum atomic E-state index is 12.5. The number of ether oxygens (including phenoxy) is 1. The van der Waals surface area contributed by atoms with E-state index in [1.54, 1.807) is 23.4 Å². The molecule has 2 rings (SSSR count). The van der Waals surface area contributed by atoms with Gasteiger partial charge in [0.1, 0.15) is 0 Å². The zero-order valence-corrected chi connectivity index (χ0v) is 10.9. The normalized spacial score (nSPS) is 18.6. The van der Waals surface area contributed by atoms with Gasteiger partial charge in [0.2, 0.25) is 0 Å². The highest BCUT2D eigenvalue weighted by Crippen LogP contribution is 2.13. The molecule has 0 aliphatic carbocycles. The van der Waals surface area contributed by atoms with Gasteiger partial charge in [-0.25, -0.2) is 0 Å². The lowest BCUT2D eigenvalue weighted by atomic mass is 10.1. The summed E-state index contributed by atoms with van der Waals surface area (Å²) in [5, 5.41) is 0. The Bertz CT molecular complexity index is 519. The smallest absolute Gasteiger partial charge is 0.255 e. The van der Waals surface area contributed by atoms with Crippen molar-refractivity contribution in [3.8, 4) is 11.8 Å². The molecule has 1 saturated heterocycles. The van der Waals surface area contributed by atoms with E-state index in [4.69, 9.17) is 10.5 Å². The summed E-state index contributed by atoms with van der Waals surface area (Å²) in [4.78, 5) is 18.3. The van der Waals surface area contributed by atoms with Crippen LogP contribution >= 0.6 is 0 Å². The van der Waals surface area contributed by atoms with Gasteiger partial charge in [-0.15, -0.1) is 0 Å². The first-order valence-corrected chi connectivity index (χ1v) is 6.26. The highest BCUT2D eigenvalue weighted by Gasteiger charge is 2.23. The van der Waals surface area contributed by atoms with Gasteiger partial charge in [0.25, 0.3) is 5.91 Å². The largest absolute Gasteiger partial charge is 0.375 e. The van der Waals surface area contributed by atoms with Crippen molar-refractivity contribution in [2.75, 3.05) is 26.2 Å². The van der Waals surface area contributed by atoms with E-state index in [1.165, 1.54) is 0 Å². The molecule has 1 atom stereocenters. The predicted molar refractivity (Wildman–Crippen MR) is 71.5 cm³/mol. The average molecular weight is 259 g/mol. The van der Waals surface area contributed by atoms with Crippen LogP contribution in [0.15, 0.2) is 18.5 Å². The van der Waals surface area contributed by atoms with Gasteiger partial charge < -0.3 is 15.4 Å². The summed E-state index contributed by atoms with van der Waals surface area (Å²) >= 11 is 0. The zero-order valence-electron chi connectivity index (χ0n) is 10.9. The van der Waals surface area contributed by atoms with Crippen LogP contribution in [-0.2, 0) is 4.74 Å². The van der Waals surface area contributed by atoms with E-state index >= 15 is 0 Å². The highest BCUT2D eigenvalue weighted by molar-refractivity contribution is 5.96. The number of nitrogens with zero attached hydrogens (tertiary/aromatic N) is 2. The summed E-state index contributed by atoms with van der Waals surface area (Å²) in [5.41, 5.74) is 6.55. The second kappa shape index (κ2) is 6.32. The van der Waals surface area contributed by atoms with Crippen LogP contribution in [0.2, 0.25) is 0 Å². The highest BCUT2D eigenvalue weighted by atomic mass is 16.5. The SMILES string of the molecule is CC1CN(C(=O)c2ccncc2C#CCN)CCO1. The second-order valence-corrected chi connectivity index (χ2v) is 4.36. The van der Waals surface area contributed by atoms with E-state index in [9.17, 15) is 4.79 Å². The summed E-state index contributed by atoms with van der Waals surface area (Å²) in [5.74, 6) is 5.61. The number of nitrogens with two attached hydrogens (primary N) is 1. The van der Waals surface area contributed by atoms with Crippen LogP contribution in [-0.4, -0.2) is 48.1 Å². The minimum atomic E-state index is -0.0288. The van der Waals surface area contributed by atoms with E-state index in [1.807, 2.05) is 6.92 Å². The molecule has 1 aromatic heterocycles. The summed E-state index contributed by atoms with van der Waals surface area (Å²) in [6.07, 6.45) is 3.27. The van der Waals surface area contributed by atoms with Crippen molar-refractivity contribution in [2.45, 2.75) is 13.0 Å². The number of amides is 1. The van der Waals surface area contributed by atoms with Crippen molar-refractivity contribution in [1.82, 2.24) is 9.88 Å². The number of rotatable bonds is 1. The molecule has 0 spiro atoms. The number of pyridine rings is 1. The second-order valence-electron chi connectivity index (χ2n) is 4.36. The number of carbonyl (C=O) groups excluding carboxylic acids is 1. The molecule has 19 heavy (non-hydrogen) atoms. The molecule has 0 radical (unpaired) electrons. The lowest BCUT2D eigenvalue weighted by Crippen LogP contribution is -2.44. The van der Waals surface area contributed by atoms with E-state index in [2.05, 4.69) is 16.8 Å². The molecule has 2 heterocycles. The topological polar surface area (TPSA) is 68.5 Å². The van der Waals surface area contributed by atoms with Gasteiger partial charge in [-0.05, 0) is 13.0 Å². The Kier molecular flexibility index (Phi) is 4.50. The number of hydrogen-bond acceptors (Lipinski definition) is 4. The van der Waals surface area contributed by atoms with Crippen molar-refractivity contribution in [1.29, 1.82) is 0 Å². The van der Waals surface area contributed by atoms with Crippen LogP contribution in [0.5, 0.6) is 0 Å². The molecule has 1 amide bonds. The Hall–Kier alpha value is -1.90. The average Bonchev–Trinajstić information content (AvgIpc) is 2.44. The summed E-state index contributed by atoms with van der Waals surface area (Å²) in [6, 6.07) is 1.70. The van der Waals surface area contributed by atoms with Gasteiger partial charge in [-0.1, -0.05) is 11.8 Å². The molecule has 0 saturated carbocycles. The Morgan fingerprint density at radius 3 is 3.26 bits per heavy atom. The quantitative estimate of drug-likeness (QED) is 0.734. The third-order valence-corrected chi connectivity index (χ3v) is 2.90. The Balaban J connectivity index is 2.23. The van der Waals surface area contributed by atoms with Gasteiger partial charge in [-0.2, -0.15) is 0 Å². The van der Waals surface area contributed by atoms with E-state index in [0.29, 0.717) is 30.8 Å². The maximum Gasteiger partial charge on any atom is 0.255 e. The molecule has 1 aliphatic rings. The van der Waals surface area contributed by atoms with Crippen molar-refractivity contribution in [2.24, 2.45) is 5.73 Å². The number of carbonyl (C=O) groups is 1. The minimum Gasteiger partial charge on any atom is -0.375 e. The first-order valence-electron chi connectivity index (χ1n) is 6.26. The van der Waals surface area contributed by atoms with Crippen LogP contribution in [0.25, 0.3) is 0 Å². The fourth-order valence-corrected chi connectivity index (χ4v) is 2.00. The van der Waals surface area contributed by atoms with Crippen molar-refractivity contribution >= 4 is 5.91 Å². The molecular weight excluding hydrogens is 242 g/mol. The fourth-order valence-electron chi connectivity index (χ4n) is 2.00. The molecular formula is C14H17N3O2. The van der Waals surface area contributed by atoms with Crippen molar-refractivity contribution < 1.29 is 9.53 Å². The molecule has 2 N–H and O–H groups in total. The molecule has 1 aliphatic heterocycles. The van der Waals surface area contributed by atoms with Crippen LogP contribution in [0, 0.1) is 11.8 Å². The Morgan fingerprint density at radius 1 is 1.68 bits per heavy atom. The molecule has 100 valence electrons. The minimum absolute atomic E-state index is 0.0288. The molecule has 0 bridgehead atoms. The van der Waals surface area contributed by atoms with Crippen LogP contribution in [0.3, 0.4) is 0 Å². The Labute approximate surface area is 112 Å². The maximum absolute atomic E-state index is 12.5. The monoisotopic (exact) mass is 259 g/mol. The van der Waals surface area contributed by atoms with Gasteiger partial charge in [0.05, 0.1) is 30.4 Å². The van der Waals surface area contributed by atoms with Gasteiger partial charge in [0.15, 0.2) is 0 Å². The summed E-state index contributed by atoms with van der Waals surface area (Å²) in [6.45, 7) is 4.00. The van der Waals surface area contributed by atoms with Crippen LogP contribution < -0.4 is 5.73 Å². The van der Waals surface area contributed by atoms with E-state index in [-0.39, 0.29) is 18.6 Å². The van der Waals surface area contributed by atoms with Crippen molar-refractivity contribution in [3.63, 3.8) is 0 Å². The van der Waals surface area contributed by atoms with E-state index < -0.39 is 0 Å². The Morgan fingerprint density at radius 2 is 2.53 bits per heavy atom. The summed E-state index contributed by atoms with van der Waals surface area (Å²) in [7, 11) is 0. The first-order chi connectivity index (χ1) is 9.22. The van der Waals surface area contributed by atoms with Gasteiger partial charge in [0, 0.05) is 25.5 Å². The first kappa shape index (κ1) is 13.5. The molecule has 5 nitrogen and oxygen atoms in total. The third-order valence-electron chi connectivity index (χ3n) is 2.90. The van der Waals surface area contributed by atoms with E-state index in [0.717, 1.165) is 0 Å². The van der Waals surface area contributed by atoms with Crippen LogP contribution in [0.4, 0.5) is 0 Å². The number of morpholine rings is 1. The third kappa shape index (κ3) is 3.31. The molecule has 5 heteroatoms. The lowest BCUT2D eigenvalue weighted by Gasteiger charge is -2.31. The lowest BCUT2D eigenvalue weighted by molar-refractivity contribution is -0.0124. The van der Waals surface area contributed by atoms with Gasteiger partial charge >= 0.3 is 0 Å². The number of aromatic nitrogens is 1. The fraction of sp³-hybridized carbons (Fsp3) is 0.429. The molecule has 1 fully saturated rings.